The number of anilines is 1. The van der Waals surface area contributed by atoms with Crippen LogP contribution >= 0.6 is 0 Å². The van der Waals surface area contributed by atoms with Crippen molar-refractivity contribution >= 4 is 39.4 Å². The number of fused-ring (bicyclic) bond motifs is 4. The Kier molecular flexibility index (Phi) is 4.58. The van der Waals surface area contributed by atoms with Crippen LogP contribution in [0.15, 0.2) is 54.6 Å². The number of benzene rings is 2. The van der Waals surface area contributed by atoms with Gasteiger partial charge in [-0.15, -0.1) is 0 Å². The summed E-state index contributed by atoms with van der Waals surface area (Å²) in [5.41, 5.74) is 3.90. The van der Waals surface area contributed by atoms with E-state index in [0.717, 1.165) is 33.9 Å². The van der Waals surface area contributed by atoms with Crippen molar-refractivity contribution < 1.29 is 14.3 Å². The lowest BCUT2D eigenvalue weighted by Gasteiger charge is -2.37. The highest BCUT2D eigenvalue weighted by atomic mass is 16.5. The number of nitrogens with zero attached hydrogens (tertiary/aromatic N) is 2. The second-order valence-electron chi connectivity index (χ2n) is 7.57. The van der Waals surface area contributed by atoms with Crippen LogP contribution in [0, 0.1) is 0 Å². The van der Waals surface area contributed by atoms with Gasteiger partial charge in [0.15, 0.2) is 0 Å². The molecule has 1 aliphatic heterocycles. The Labute approximate surface area is 179 Å². The van der Waals surface area contributed by atoms with Gasteiger partial charge in [0.1, 0.15) is 17.6 Å². The fraction of sp³-hybridized carbons (Fsp3) is 0.208. The van der Waals surface area contributed by atoms with Crippen molar-refractivity contribution in [1.82, 2.24) is 14.9 Å². The summed E-state index contributed by atoms with van der Waals surface area (Å²) in [4.78, 5) is 35.6. The summed E-state index contributed by atoms with van der Waals surface area (Å²) in [5, 5.41) is 5.32. The van der Waals surface area contributed by atoms with Crippen LogP contribution in [0.1, 0.15) is 46.1 Å². The molecule has 0 fully saturated rings. The molecule has 2 aromatic carbocycles. The molecule has 3 heterocycles. The Morgan fingerprint density at radius 3 is 2.71 bits per heavy atom. The van der Waals surface area contributed by atoms with Crippen LogP contribution < -0.4 is 5.32 Å². The maximum Gasteiger partial charge on any atom is 0.356 e. The van der Waals surface area contributed by atoms with Gasteiger partial charge in [-0.1, -0.05) is 37.3 Å². The van der Waals surface area contributed by atoms with Crippen molar-refractivity contribution in [2.45, 2.75) is 19.5 Å². The van der Waals surface area contributed by atoms with Crippen LogP contribution in [0.5, 0.6) is 0 Å². The quantitative estimate of drug-likeness (QED) is 0.481. The molecule has 1 atom stereocenters. The van der Waals surface area contributed by atoms with Gasteiger partial charge in [-0.3, -0.25) is 4.79 Å². The monoisotopic (exact) mass is 414 g/mol. The molecule has 0 spiro atoms. The second-order valence-corrected chi connectivity index (χ2v) is 7.57. The summed E-state index contributed by atoms with van der Waals surface area (Å²) in [7, 11) is 1.34. The number of aromatic amines is 1. The smallest absolute Gasteiger partial charge is 0.356 e. The molecular formula is C24H22N4O3. The van der Waals surface area contributed by atoms with Crippen LogP contribution in [-0.2, 0) is 4.74 Å². The van der Waals surface area contributed by atoms with E-state index in [2.05, 4.69) is 15.3 Å². The number of aromatic nitrogens is 2. The SMILES string of the molecule is CCCN1C(=O)c2ccccc2NC1c1nc(C(=O)OC)cc2c1[nH]c1ccccc12. The zero-order valence-corrected chi connectivity index (χ0v) is 17.3. The molecule has 1 amide bonds. The number of carbonyl (C=O) groups excluding carboxylic acids is 2. The van der Waals surface area contributed by atoms with Crippen LogP contribution in [-0.4, -0.2) is 40.4 Å². The van der Waals surface area contributed by atoms with Gasteiger partial charge in [0.25, 0.3) is 5.91 Å². The number of methoxy groups -OCH3 is 1. The molecule has 7 nitrogen and oxygen atoms in total. The van der Waals surface area contributed by atoms with Gasteiger partial charge in [0.05, 0.1) is 18.2 Å². The predicted molar refractivity (Wildman–Crippen MR) is 119 cm³/mol. The third kappa shape index (κ3) is 3.01. The molecule has 31 heavy (non-hydrogen) atoms. The molecular weight excluding hydrogens is 392 g/mol. The first-order valence-corrected chi connectivity index (χ1v) is 10.3. The zero-order valence-electron chi connectivity index (χ0n) is 17.3. The summed E-state index contributed by atoms with van der Waals surface area (Å²) in [5.74, 6) is -0.575. The third-order valence-electron chi connectivity index (χ3n) is 5.66. The summed E-state index contributed by atoms with van der Waals surface area (Å²) in [6.45, 7) is 2.58. The molecule has 1 aliphatic rings. The number of hydrogen-bond acceptors (Lipinski definition) is 5. The Morgan fingerprint density at radius 1 is 1.13 bits per heavy atom. The van der Waals surface area contributed by atoms with E-state index in [1.807, 2.05) is 55.5 Å². The number of pyridine rings is 1. The standard InChI is InChI=1S/C24H22N4O3/c1-3-12-28-22(27-18-11-7-5-9-15(18)23(28)29)21-20-16(13-19(26-21)24(30)31-2)14-8-4-6-10-17(14)25-20/h4-11,13,22,25,27H,3,12H2,1-2H3. The zero-order chi connectivity index (χ0) is 21.5. The molecule has 1 unspecified atom stereocenters. The summed E-state index contributed by atoms with van der Waals surface area (Å²) in [6, 6.07) is 17.1. The minimum Gasteiger partial charge on any atom is -0.464 e. The van der Waals surface area contributed by atoms with Crippen LogP contribution in [0.3, 0.4) is 0 Å². The summed E-state index contributed by atoms with van der Waals surface area (Å²) < 4.78 is 4.96. The van der Waals surface area contributed by atoms with Gasteiger partial charge in [0.2, 0.25) is 0 Å². The number of esters is 1. The van der Waals surface area contributed by atoms with Crippen molar-refractivity contribution in [2.75, 3.05) is 19.0 Å². The molecule has 0 aliphatic carbocycles. The average molecular weight is 414 g/mol. The second kappa shape index (κ2) is 7.43. The van der Waals surface area contributed by atoms with E-state index in [4.69, 9.17) is 4.74 Å². The molecule has 2 N–H and O–H groups in total. The van der Waals surface area contributed by atoms with Crippen molar-refractivity contribution in [2.24, 2.45) is 0 Å². The highest BCUT2D eigenvalue weighted by Crippen LogP contribution is 2.37. The topological polar surface area (TPSA) is 87.3 Å². The van der Waals surface area contributed by atoms with E-state index in [0.29, 0.717) is 17.8 Å². The van der Waals surface area contributed by atoms with E-state index in [9.17, 15) is 9.59 Å². The Morgan fingerprint density at radius 2 is 1.90 bits per heavy atom. The lowest BCUT2D eigenvalue weighted by molar-refractivity contribution is 0.0593. The lowest BCUT2D eigenvalue weighted by atomic mass is 10.0. The number of hydrogen-bond donors (Lipinski definition) is 2. The van der Waals surface area contributed by atoms with Gasteiger partial charge in [-0.2, -0.15) is 0 Å². The van der Waals surface area contributed by atoms with Gasteiger partial charge >= 0.3 is 5.97 Å². The number of carbonyl (C=O) groups is 2. The maximum absolute atomic E-state index is 13.3. The molecule has 4 aromatic rings. The molecule has 2 aromatic heterocycles. The fourth-order valence-electron chi connectivity index (χ4n) is 4.26. The van der Waals surface area contributed by atoms with Crippen molar-refractivity contribution in [3.63, 3.8) is 0 Å². The summed E-state index contributed by atoms with van der Waals surface area (Å²) >= 11 is 0. The Hall–Kier alpha value is -3.87. The van der Waals surface area contributed by atoms with Crippen molar-refractivity contribution in [3.8, 4) is 0 Å². The maximum atomic E-state index is 13.3. The van der Waals surface area contributed by atoms with E-state index >= 15 is 0 Å². The molecule has 0 saturated carbocycles. The van der Waals surface area contributed by atoms with E-state index < -0.39 is 12.1 Å². The third-order valence-corrected chi connectivity index (χ3v) is 5.66. The minimum absolute atomic E-state index is 0.0595. The van der Waals surface area contributed by atoms with Gasteiger partial charge in [0, 0.05) is 28.5 Å². The summed E-state index contributed by atoms with van der Waals surface area (Å²) in [6.07, 6.45) is 0.265. The number of rotatable bonds is 4. The average Bonchev–Trinajstić information content (AvgIpc) is 3.18. The molecule has 0 radical (unpaired) electrons. The van der Waals surface area contributed by atoms with Crippen molar-refractivity contribution in [3.05, 3.63) is 71.5 Å². The number of ether oxygens (including phenoxy) is 1. The van der Waals surface area contributed by atoms with Crippen LogP contribution in [0.2, 0.25) is 0 Å². The molecule has 0 bridgehead atoms. The number of para-hydroxylation sites is 2. The molecule has 156 valence electrons. The normalized spacial score (nSPS) is 15.7. The minimum atomic E-state index is -0.525. The first-order chi connectivity index (χ1) is 15.1. The largest absolute Gasteiger partial charge is 0.464 e. The predicted octanol–water partition coefficient (Wildman–Crippen LogP) is 4.48. The first-order valence-electron chi connectivity index (χ1n) is 10.3. The van der Waals surface area contributed by atoms with Crippen LogP contribution in [0.4, 0.5) is 5.69 Å². The number of nitrogens with one attached hydrogen (secondary N) is 2. The highest BCUT2D eigenvalue weighted by Gasteiger charge is 2.35. The van der Waals surface area contributed by atoms with Crippen molar-refractivity contribution in [1.29, 1.82) is 0 Å². The van der Waals surface area contributed by atoms with Crippen LogP contribution in [0.25, 0.3) is 21.8 Å². The molecule has 0 saturated heterocycles. The molecule has 5 rings (SSSR count). The molecule has 7 heteroatoms. The Bertz CT molecular complexity index is 1330. The van der Waals surface area contributed by atoms with Gasteiger partial charge < -0.3 is 19.9 Å². The fourth-order valence-corrected chi connectivity index (χ4v) is 4.26. The highest BCUT2D eigenvalue weighted by molar-refractivity contribution is 6.10. The number of amides is 1. The number of H-pyrrole nitrogens is 1. The van der Waals surface area contributed by atoms with E-state index in [-0.39, 0.29) is 11.6 Å². The van der Waals surface area contributed by atoms with E-state index in [1.54, 1.807) is 11.0 Å². The first kappa shape index (κ1) is 19.1. The van der Waals surface area contributed by atoms with Gasteiger partial charge in [-0.05, 0) is 30.7 Å². The lowest BCUT2D eigenvalue weighted by Crippen LogP contribution is -2.43. The van der Waals surface area contributed by atoms with Gasteiger partial charge in [-0.25, -0.2) is 9.78 Å². The Balaban J connectivity index is 1.78. The van der Waals surface area contributed by atoms with E-state index in [1.165, 1.54) is 7.11 Å².